The number of nitrogens with zero attached hydrogens (tertiary/aromatic N) is 1. The van der Waals surface area contributed by atoms with Crippen molar-refractivity contribution in [3.8, 4) is 0 Å². The first-order valence-electron chi connectivity index (χ1n) is 5.31. The lowest BCUT2D eigenvalue weighted by molar-refractivity contribution is -0.128. The molecule has 0 aliphatic carbocycles. The molecule has 0 aromatic heterocycles. The van der Waals surface area contributed by atoms with Crippen molar-refractivity contribution in [2.75, 3.05) is 31.1 Å². The number of hydrogen-bond donors (Lipinski definition) is 1. The first-order chi connectivity index (χ1) is 6.76. The maximum atomic E-state index is 11.6. The van der Waals surface area contributed by atoms with Gasteiger partial charge in [0.1, 0.15) is 0 Å². The van der Waals surface area contributed by atoms with E-state index in [4.69, 9.17) is 5.73 Å². The van der Waals surface area contributed by atoms with Gasteiger partial charge in [-0.05, 0) is 13.3 Å². The van der Waals surface area contributed by atoms with Crippen LogP contribution in [0.5, 0.6) is 0 Å². The first-order valence-corrected chi connectivity index (χ1v) is 6.47. The Labute approximate surface area is 91.4 Å². The summed E-state index contributed by atoms with van der Waals surface area (Å²) in [6, 6.07) is 0. The molecular formula is C10H22N2OS. The lowest BCUT2D eigenvalue weighted by Gasteiger charge is -2.20. The lowest BCUT2D eigenvalue weighted by atomic mass is 10.3. The van der Waals surface area contributed by atoms with Crippen molar-refractivity contribution in [3.05, 3.63) is 0 Å². The molecule has 0 radical (unpaired) electrons. The summed E-state index contributed by atoms with van der Waals surface area (Å²) in [5, 5.41) is 0. The number of carbonyl (C=O) groups excluding carboxylic acids is 1. The van der Waals surface area contributed by atoms with Gasteiger partial charge in [-0.1, -0.05) is 13.3 Å². The molecule has 84 valence electrons. The van der Waals surface area contributed by atoms with Crippen LogP contribution in [0.4, 0.5) is 0 Å². The highest BCUT2D eigenvalue weighted by molar-refractivity contribution is 7.99. The van der Waals surface area contributed by atoms with Crippen molar-refractivity contribution >= 4 is 17.7 Å². The number of amides is 1. The lowest BCUT2D eigenvalue weighted by Crippen LogP contribution is -2.33. The minimum Gasteiger partial charge on any atom is -0.342 e. The quantitative estimate of drug-likeness (QED) is 0.625. The Morgan fingerprint density at radius 2 is 2.14 bits per heavy atom. The average Bonchev–Trinajstić information content (AvgIpc) is 2.19. The number of rotatable bonds is 8. The van der Waals surface area contributed by atoms with Crippen LogP contribution >= 0.6 is 11.8 Å². The largest absolute Gasteiger partial charge is 0.342 e. The van der Waals surface area contributed by atoms with Crippen LogP contribution in [0.2, 0.25) is 0 Å². The van der Waals surface area contributed by atoms with Gasteiger partial charge in [0, 0.05) is 25.4 Å². The summed E-state index contributed by atoms with van der Waals surface area (Å²) in [5.41, 5.74) is 5.36. The van der Waals surface area contributed by atoms with Crippen molar-refractivity contribution in [1.29, 1.82) is 0 Å². The van der Waals surface area contributed by atoms with Crippen LogP contribution in [0.25, 0.3) is 0 Å². The Balaban J connectivity index is 3.67. The zero-order chi connectivity index (χ0) is 10.8. The van der Waals surface area contributed by atoms with Gasteiger partial charge >= 0.3 is 0 Å². The number of carbonyl (C=O) groups is 1. The topological polar surface area (TPSA) is 46.3 Å². The molecule has 3 nitrogen and oxygen atoms in total. The van der Waals surface area contributed by atoms with E-state index < -0.39 is 0 Å². The Hall–Kier alpha value is -0.220. The van der Waals surface area contributed by atoms with Gasteiger partial charge in [0.25, 0.3) is 0 Å². The standard InChI is InChI=1S/C10H22N2OS/c1-3-5-7-12(4-2)10(13)9-14-8-6-11/h3-9,11H2,1-2H3. The Kier molecular flexibility index (Phi) is 9.19. The summed E-state index contributed by atoms with van der Waals surface area (Å²) >= 11 is 1.62. The number of hydrogen-bond acceptors (Lipinski definition) is 3. The zero-order valence-electron chi connectivity index (χ0n) is 9.29. The predicted molar refractivity (Wildman–Crippen MR) is 63.5 cm³/mol. The van der Waals surface area contributed by atoms with Gasteiger partial charge in [0.15, 0.2) is 0 Å². The molecule has 0 atom stereocenters. The van der Waals surface area contributed by atoms with Gasteiger partial charge in [-0.25, -0.2) is 0 Å². The van der Waals surface area contributed by atoms with Crippen LogP contribution in [0.3, 0.4) is 0 Å². The van der Waals surface area contributed by atoms with Crippen molar-refractivity contribution in [2.24, 2.45) is 5.73 Å². The second kappa shape index (κ2) is 9.34. The molecule has 0 aliphatic heterocycles. The number of thioether (sulfide) groups is 1. The minimum atomic E-state index is 0.249. The summed E-state index contributed by atoms with van der Waals surface area (Å²) in [4.78, 5) is 13.5. The van der Waals surface area contributed by atoms with Crippen LogP contribution in [-0.2, 0) is 4.79 Å². The van der Waals surface area contributed by atoms with Gasteiger partial charge in [-0.15, -0.1) is 0 Å². The summed E-state index contributed by atoms with van der Waals surface area (Å²) in [6.45, 7) is 6.54. The van der Waals surface area contributed by atoms with Crippen LogP contribution in [0.15, 0.2) is 0 Å². The van der Waals surface area contributed by atoms with Gasteiger partial charge in [-0.3, -0.25) is 4.79 Å². The molecule has 2 N–H and O–H groups in total. The molecule has 0 saturated heterocycles. The van der Waals surface area contributed by atoms with E-state index in [0.29, 0.717) is 12.3 Å². The third kappa shape index (κ3) is 6.27. The number of unbranched alkanes of at least 4 members (excludes halogenated alkanes) is 1. The second-order valence-electron chi connectivity index (χ2n) is 3.17. The van der Waals surface area contributed by atoms with Gasteiger partial charge < -0.3 is 10.6 Å². The van der Waals surface area contributed by atoms with Crippen molar-refractivity contribution in [3.63, 3.8) is 0 Å². The molecule has 0 spiro atoms. The fraction of sp³-hybridized carbons (Fsp3) is 0.900. The molecule has 0 bridgehead atoms. The molecule has 1 amide bonds. The van der Waals surface area contributed by atoms with E-state index in [-0.39, 0.29) is 5.91 Å². The predicted octanol–water partition coefficient (Wildman–Crippen LogP) is 1.33. The molecule has 4 heteroatoms. The molecule has 0 aromatic carbocycles. The maximum Gasteiger partial charge on any atom is 0.232 e. The van der Waals surface area contributed by atoms with Gasteiger partial charge in [0.2, 0.25) is 5.91 Å². The van der Waals surface area contributed by atoms with Crippen molar-refractivity contribution < 1.29 is 4.79 Å². The van der Waals surface area contributed by atoms with Gasteiger partial charge in [-0.2, -0.15) is 11.8 Å². The molecule has 0 aliphatic rings. The van der Waals surface area contributed by atoms with E-state index in [2.05, 4.69) is 6.92 Å². The zero-order valence-corrected chi connectivity index (χ0v) is 10.1. The highest BCUT2D eigenvalue weighted by atomic mass is 32.2. The minimum absolute atomic E-state index is 0.249. The normalized spacial score (nSPS) is 10.2. The van der Waals surface area contributed by atoms with E-state index in [1.54, 1.807) is 11.8 Å². The second-order valence-corrected chi connectivity index (χ2v) is 4.27. The fourth-order valence-electron chi connectivity index (χ4n) is 1.14. The molecule has 14 heavy (non-hydrogen) atoms. The molecule has 0 fully saturated rings. The molecule has 0 rings (SSSR count). The third-order valence-corrected chi connectivity index (χ3v) is 2.98. The van der Waals surface area contributed by atoms with E-state index in [1.807, 2.05) is 11.8 Å². The van der Waals surface area contributed by atoms with Crippen molar-refractivity contribution in [2.45, 2.75) is 26.7 Å². The smallest absolute Gasteiger partial charge is 0.232 e. The summed E-state index contributed by atoms with van der Waals surface area (Å²) in [7, 11) is 0. The summed E-state index contributed by atoms with van der Waals surface area (Å²) in [6.07, 6.45) is 2.24. The first kappa shape index (κ1) is 13.8. The third-order valence-electron chi connectivity index (χ3n) is 2.00. The molecule has 0 aromatic rings. The molecular weight excluding hydrogens is 196 g/mol. The highest BCUT2D eigenvalue weighted by Gasteiger charge is 2.09. The Morgan fingerprint density at radius 3 is 2.64 bits per heavy atom. The van der Waals surface area contributed by atoms with Crippen LogP contribution in [0.1, 0.15) is 26.7 Å². The van der Waals surface area contributed by atoms with E-state index in [1.165, 1.54) is 0 Å². The van der Waals surface area contributed by atoms with Crippen LogP contribution < -0.4 is 5.73 Å². The van der Waals surface area contributed by atoms with E-state index >= 15 is 0 Å². The number of nitrogens with two attached hydrogens (primary N) is 1. The van der Waals surface area contributed by atoms with Gasteiger partial charge in [0.05, 0.1) is 5.75 Å². The molecule has 0 heterocycles. The van der Waals surface area contributed by atoms with E-state index in [9.17, 15) is 4.79 Å². The maximum absolute atomic E-state index is 11.6. The monoisotopic (exact) mass is 218 g/mol. The van der Waals surface area contributed by atoms with E-state index in [0.717, 1.165) is 31.7 Å². The Bertz CT molecular complexity index is 153. The fourth-order valence-corrected chi connectivity index (χ4v) is 1.81. The Morgan fingerprint density at radius 1 is 1.43 bits per heavy atom. The summed E-state index contributed by atoms with van der Waals surface area (Å²) < 4.78 is 0. The highest BCUT2D eigenvalue weighted by Crippen LogP contribution is 2.03. The summed E-state index contributed by atoms with van der Waals surface area (Å²) in [5.74, 6) is 1.70. The molecule has 0 unspecified atom stereocenters. The molecule has 0 saturated carbocycles. The average molecular weight is 218 g/mol. The van der Waals surface area contributed by atoms with Crippen molar-refractivity contribution in [1.82, 2.24) is 4.90 Å². The van der Waals surface area contributed by atoms with Crippen LogP contribution in [-0.4, -0.2) is 41.9 Å². The SMILES string of the molecule is CCCCN(CC)C(=O)CSCCN. The van der Waals surface area contributed by atoms with Crippen LogP contribution in [0, 0.1) is 0 Å².